The van der Waals surface area contributed by atoms with E-state index < -0.39 is 0 Å². The quantitative estimate of drug-likeness (QED) is 0.798. The van der Waals surface area contributed by atoms with Crippen LogP contribution in [0, 0.1) is 11.8 Å². The van der Waals surface area contributed by atoms with E-state index in [2.05, 4.69) is 27.7 Å². The van der Waals surface area contributed by atoms with E-state index in [-0.39, 0.29) is 17.8 Å². The summed E-state index contributed by atoms with van der Waals surface area (Å²) in [7, 11) is 0. The van der Waals surface area contributed by atoms with Crippen LogP contribution in [-0.4, -0.2) is 30.2 Å². The van der Waals surface area contributed by atoms with E-state index in [1.165, 1.54) is 0 Å². The normalized spacial score (nSPS) is 22.2. The van der Waals surface area contributed by atoms with Crippen molar-refractivity contribution in [1.82, 2.24) is 0 Å². The number of allylic oxidation sites excluding steroid dienone is 1. The molecule has 1 saturated carbocycles. The van der Waals surface area contributed by atoms with Crippen LogP contribution in [0.5, 0.6) is 0 Å². The highest BCUT2D eigenvalue weighted by Crippen LogP contribution is 2.39. The molecule has 1 aliphatic heterocycles. The first kappa shape index (κ1) is 15.6. The molecule has 0 atom stereocenters. The predicted octanol–water partition coefficient (Wildman–Crippen LogP) is 3.77. The highest BCUT2D eigenvalue weighted by molar-refractivity contribution is 5.08. The summed E-state index contributed by atoms with van der Waals surface area (Å²) >= 11 is 0. The molecule has 0 unspecified atom stereocenters. The maximum Gasteiger partial charge on any atom is 0.276 e. The Morgan fingerprint density at radius 1 is 1.05 bits per heavy atom. The third-order valence-corrected chi connectivity index (χ3v) is 4.29. The number of rotatable bonds is 4. The molecule has 0 aromatic carbocycles. The summed E-state index contributed by atoms with van der Waals surface area (Å²) in [6, 6.07) is 0. The second-order valence-corrected chi connectivity index (χ2v) is 6.59. The summed E-state index contributed by atoms with van der Waals surface area (Å²) < 4.78 is 17.2. The molecule has 1 N–H and O–H groups in total. The Bertz CT molecular complexity index is 333. The highest BCUT2D eigenvalue weighted by atomic mass is 16.7. The highest BCUT2D eigenvalue weighted by Gasteiger charge is 2.40. The molecule has 1 aliphatic carbocycles. The predicted molar refractivity (Wildman–Crippen MR) is 77.3 cm³/mol. The van der Waals surface area contributed by atoms with Gasteiger partial charge in [-0.1, -0.05) is 27.7 Å². The minimum atomic E-state index is -0.390. The molecule has 0 aromatic rings. The molecule has 1 saturated heterocycles. The third kappa shape index (κ3) is 3.47. The summed E-state index contributed by atoms with van der Waals surface area (Å²) in [6.07, 6.45) is 3.24. The van der Waals surface area contributed by atoms with Crippen molar-refractivity contribution in [2.75, 3.05) is 13.2 Å². The van der Waals surface area contributed by atoms with E-state index in [0.717, 1.165) is 31.3 Å². The maximum atomic E-state index is 10.2. The van der Waals surface area contributed by atoms with Gasteiger partial charge in [0.05, 0.1) is 13.2 Å². The fourth-order valence-corrected chi connectivity index (χ4v) is 3.19. The monoisotopic (exact) mass is 284 g/mol. The lowest BCUT2D eigenvalue weighted by Gasteiger charge is -2.33. The largest absolute Gasteiger partial charge is 0.481 e. The van der Waals surface area contributed by atoms with E-state index in [0.29, 0.717) is 25.0 Å². The van der Waals surface area contributed by atoms with Crippen molar-refractivity contribution in [3.63, 3.8) is 0 Å². The maximum absolute atomic E-state index is 10.2. The number of aliphatic hydroxyl groups is 1. The van der Waals surface area contributed by atoms with Crippen molar-refractivity contribution in [1.29, 1.82) is 0 Å². The van der Waals surface area contributed by atoms with E-state index >= 15 is 0 Å². The van der Waals surface area contributed by atoms with Crippen LogP contribution in [0.1, 0.15) is 53.4 Å². The van der Waals surface area contributed by atoms with Gasteiger partial charge in [0.1, 0.15) is 6.10 Å². The summed E-state index contributed by atoms with van der Waals surface area (Å²) in [5.41, 5.74) is 1.00. The summed E-state index contributed by atoms with van der Waals surface area (Å²) in [4.78, 5) is 0. The van der Waals surface area contributed by atoms with E-state index in [9.17, 15) is 5.11 Å². The van der Waals surface area contributed by atoms with Crippen LogP contribution in [-0.2, 0) is 14.2 Å². The minimum absolute atomic E-state index is 0.0531. The van der Waals surface area contributed by atoms with Crippen molar-refractivity contribution in [2.24, 2.45) is 11.8 Å². The van der Waals surface area contributed by atoms with Gasteiger partial charge in [0.2, 0.25) is 0 Å². The molecule has 4 nitrogen and oxygen atoms in total. The molecular formula is C16H28O4. The Morgan fingerprint density at radius 3 is 2.00 bits per heavy atom. The Labute approximate surface area is 122 Å². The van der Waals surface area contributed by atoms with Crippen LogP contribution in [0.25, 0.3) is 0 Å². The number of aliphatic hydroxyl groups excluding tert-OH is 1. The number of hydrogen-bond acceptors (Lipinski definition) is 4. The fourth-order valence-electron chi connectivity index (χ4n) is 3.19. The molecule has 1 spiro atoms. The first-order chi connectivity index (χ1) is 9.43. The van der Waals surface area contributed by atoms with Crippen LogP contribution in [0.4, 0.5) is 0 Å². The van der Waals surface area contributed by atoms with Gasteiger partial charge in [-0.15, -0.1) is 0 Å². The molecule has 0 aromatic heterocycles. The zero-order valence-electron chi connectivity index (χ0n) is 13.1. The summed E-state index contributed by atoms with van der Waals surface area (Å²) in [6.45, 7) is 9.86. The Hall–Kier alpha value is -0.740. The molecule has 0 amide bonds. The number of hydrogen-bond donors (Lipinski definition) is 1. The topological polar surface area (TPSA) is 47.9 Å². The van der Waals surface area contributed by atoms with Crippen LogP contribution >= 0.6 is 0 Å². The first-order valence-corrected chi connectivity index (χ1v) is 7.79. The van der Waals surface area contributed by atoms with Crippen molar-refractivity contribution < 1.29 is 19.3 Å². The van der Waals surface area contributed by atoms with Gasteiger partial charge in [-0.3, -0.25) is 0 Å². The fraction of sp³-hybridized carbons (Fsp3) is 0.875. The molecule has 20 heavy (non-hydrogen) atoms. The Kier molecular flexibility index (Phi) is 4.97. The van der Waals surface area contributed by atoms with Gasteiger partial charge < -0.3 is 19.3 Å². The van der Waals surface area contributed by atoms with Crippen LogP contribution < -0.4 is 0 Å². The molecule has 2 aliphatic rings. The van der Waals surface area contributed by atoms with Gasteiger partial charge >= 0.3 is 0 Å². The standard InChI is InChI=1S/C16H28O4/c1-11(2)14(12(3)4)20-15(17)13-5-7-16(8-6-13)18-9-10-19-16/h11-12,14,17H,5-10H2,1-4H3. The Morgan fingerprint density at radius 2 is 1.55 bits per heavy atom. The second kappa shape index (κ2) is 6.35. The lowest BCUT2D eigenvalue weighted by Crippen LogP contribution is -2.34. The van der Waals surface area contributed by atoms with Crippen molar-refractivity contribution >= 4 is 0 Å². The third-order valence-electron chi connectivity index (χ3n) is 4.29. The lowest BCUT2D eigenvalue weighted by atomic mass is 9.90. The molecule has 1 heterocycles. The van der Waals surface area contributed by atoms with E-state index in [1.807, 2.05) is 0 Å². The summed E-state index contributed by atoms with van der Waals surface area (Å²) in [5.74, 6) is 0.507. The molecule has 2 rings (SSSR count). The smallest absolute Gasteiger partial charge is 0.276 e. The van der Waals surface area contributed by atoms with Gasteiger partial charge in [-0.2, -0.15) is 0 Å². The SMILES string of the molecule is CC(C)C(OC(O)=C1CCC2(CC1)OCCO2)C(C)C. The van der Waals surface area contributed by atoms with Crippen LogP contribution in [0.3, 0.4) is 0 Å². The minimum Gasteiger partial charge on any atom is -0.481 e. The van der Waals surface area contributed by atoms with Gasteiger partial charge in [-0.25, -0.2) is 0 Å². The van der Waals surface area contributed by atoms with Crippen molar-refractivity contribution in [2.45, 2.75) is 65.3 Å². The zero-order chi connectivity index (χ0) is 14.8. The van der Waals surface area contributed by atoms with Crippen molar-refractivity contribution in [3.05, 3.63) is 11.5 Å². The molecule has 0 radical (unpaired) electrons. The molecule has 0 bridgehead atoms. The Balaban J connectivity index is 1.96. The lowest BCUT2D eigenvalue weighted by molar-refractivity contribution is -0.172. The van der Waals surface area contributed by atoms with Gasteiger partial charge in [0.15, 0.2) is 5.79 Å². The van der Waals surface area contributed by atoms with Crippen LogP contribution in [0.2, 0.25) is 0 Å². The van der Waals surface area contributed by atoms with Gasteiger partial charge in [0, 0.05) is 18.4 Å². The van der Waals surface area contributed by atoms with Crippen molar-refractivity contribution in [3.8, 4) is 0 Å². The van der Waals surface area contributed by atoms with Crippen LogP contribution in [0.15, 0.2) is 11.5 Å². The van der Waals surface area contributed by atoms with E-state index in [4.69, 9.17) is 14.2 Å². The van der Waals surface area contributed by atoms with E-state index in [1.54, 1.807) is 0 Å². The second-order valence-electron chi connectivity index (χ2n) is 6.59. The summed E-state index contributed by atoms with van der Waals surface area (Å²) in [5, 5.41) is 10.2. The molecular weight excluding hydrogens is 256 g/mol. The molecule has 2 fully saturated rings. The number of ether oxygens (including phenoxy) is 3. The average molecular weight is 284 g/mol. The molecule has 116 valence electrons. The first-order valence-electron chi connectivity index (χ1n) is 7.79. The zero-order valence-corrected chi connectivity index (χ0v) is 13.1. The average Bonchev–Trinajstić information content (AvgIpc) is 2.84. The molecule has 4 heteroatoms. The van der Waals surface area contributed by atoms with Gasteiger partial charge in [-0.05, 0) is 24.7 Å². The van der Waals surface area contributed by atoms with Gasteiger partial charge in [0.25, 0.3) is 5.95 Å².